The number of benzene rings is 1. The van der Waals surface area contributed by atoms with Crippen LogP contribution in [0.25, 0.3) is 0 Å². The summed E-state index contributed by atoms with van der Waals surface area (Å²) in [6, 6.07) is 3.49. The number of carbonyl (C=O) groups excluding carboxylic acids is 1. The third-order valence-corrected chi connectivity index (χ3v) is 3.27. The van der Waals surface area contributed by atoms with Crippen LogP contribution in [0.2, 0.25) is 0 Å². The SMILES string of the molecule is CN(CC1CC(O)C1)C(=O)c1ccc(O)cc1F. The van der Waals surface area contributed by atoms with Gasteiger partial charge >= 0.3 is 0 Å². The van der Waals surface area contributed by atoms with Gasteiger partial charge in [0.05, 0.1) is 11.7 Å². The van der Waals surface area contributed by atoms with Gasteiger partial charge in [-0.25, -0.2) is 4.39 Å². The van der Waals surface area contributed by atoms with Gasteiger partial charge in [0.1, 0.15) is 11.6 Å². The van der Waals surface area contributed by atoms with E-state index in [1.807, 2.05) is 0 Å². The largest absolute Gasteiger partial charge is 0.508 e. The first-order valence-electron chi connectivity index (χ1n) is 5.89. The average molecular weight is 253 g/mol. The summed E-state index contributed by atoms with van der Waals surface area (Å²) in [6.07, 6.45) is 1.12. The molecule has 4 nitrogen and oxygen atoms in total. The molecule has 0 atom stereocenters. The van der Waals surface area contributed by atoms with Gasteiger partial charge in [-0.3, -0.25) is 4.79 Å². The minimum atomic E-state index is -0.722. The molecule has 0 spiro atoms. The zero-order valence-electron chi connectivity index (χ0n) is 10.1. The lowest BCUT2D eigenvalue weighted by Gasteiger charge is -2.34. The van der Waals surface area contributed by atoms with Crippen molar-refractivity contribution in [2.75, 3.05) is 13.6 Å². The molecule has 0 aliphatic heterocycles. The van der Waals surface area contributed by atoms with Crippen LogP contribution >= 0.6 is 0 Å². The first-order chi connectivity index (χ1) is 8.47. The lowest BCUT2D eigenvalue weighted by atomic mass is 9.82. The maximum Gasteiger partial charge on any atom is 0.256 e. The summed E-state index contributed by atoms with van der Waals surface area (Å²) >= 11 is 0. The Morgan fingerprint density at radius 1 is 1.50 bits per heavy atom. The molecule has 0 heterocycles. The summed E-state index contributed by atoms with van der Waals surface area (Å²) in [5.74, 6) is -1.04. The minimum Gasteiger partial charge on any atom is -0.508 e. The van der Waals surface area contributed by atoms with Crippen molar-refractivity contribution >= 4 is 5.91 Å². The average Bonchev–Trinajstić information content (AvgIpc) is 2.26. The van der Waals surface area contributed by atoms with E-state index >= 15 is 0 Å². The first kappa shape index (κ1) is 12.8. The molecule has 0 bridgehead atoms. The fourth-order valence-corrected chi connectivity index (χ4v) is 2.20. The molecule has 1 aromatic rings. The van der Waals surface area contributed by atoms with Crippen LogP contribution in [-0.2, 0) is 0 Å². The Bertz CT molecular complexity index is 458. The van der Waals surface area contributed by atoms with Crippen LogP contribution in [0.3, 0.4) is 0 Å². The molecular weight excluding hydrogens is 237 g/mol. The predicted octanol–water partition coefficient (Wildman–Crippen LogP) is 1.37. The van der Waals surface area contributed by atoms with E-state index < -0.39 is 11.7 Å². The number of halogens is 1. The number of hydrogen-bond donors (Lipinski definition) is 2. The second-order valence-corrected chi connectivity index (χ2v) is 4.84. The lowest BCUT2D eigenvalue weighted by molar-refractivity contribution is 0.0264. The molecule has 0 unspecified atom stereocenters. The number of aromatic hydroxyl groups is 1. The Morgan fingerprint density at radius 3 is 2.72 bits per heavy atom. The van der Waals surface area contributed by atoms with E-state index in [9.17, 15) is 14.3 Å². The van der Waals surface area contributed by atoms with Gasteiger partial charge in [0.15, 0.2) is 0 Å². The Hall–Kier alpha value is -1.62. The van der Waals surface area contributed by atoms with Crippen LogP contribution in [0.1, 0.15) is 23.2 Å². The summed E-state index contributed by atoms with van der Waals surface area (Å²) in [6.45, 7) is 0.510. The zero-order chi connectivity index (χ0) is 13.3. The number of phenols is 1. The van der Waals surface area contributed by atoms with Crippen LogP contribution in [0, 0.1) is 11.7 Å². The molecule has 1 saturated carbocycles. The van der Waals surface area contributed by atoms with E-state index in [1.54, 1.807) is 7.05 Å². The predicted molar refractivity (Wildman–Crippen MR) is 63.8 cm³/mol. The molecule has 0 aromatic heterocycles. The number of rotatable bonds is 3. The van der Waals surface area contributed by atoms with Crippen LogP contribution in [0.5, 0.6) is 5.75 Å². The van der Waals surface area contributed by atoms with Gasteiger partial charge < -0.3 is 15.1 Å². The quantitative estimate of drug-likeness (QED) is 0.855. The molecule has 1 aliphatic rings. The van der Waals surface area contributed by atoms with Crippen LogP contribution in [-0.4, -0.2) is 40.7 Å². The maximum absolute atomic E-state index is 13.5. The molecule has 18 heavy (non-hydrogen) atoms. The Morgan fingerprint density at radius 2 is 2.17 bits per heavy atom. The van der Waals surface area contributed by atoms with Gasteiger partial charge in [0, 0.05) is 19.7 Å². The third-order valence-electron chi connectivity index (χ3n) is 3.27. The molecule has 0 saturated heterocycles. The molecule has 1 amide bonds. The summed E-state index contributed by atoms with van der Waals surface area (Å²) in [4.78, 5) is 13.4. The molecular formula is C13H16FNO3. The smallest absolute Gasteiger partial charge is 0.256 e. The molecule has 98 valence electrons. The summed E-state index contributed by atoms with van der Waals surface area (Å²) in [5.41, 5.74) is -0.0461. The lowest BCUT2D eigenvalue weighted by Crippen LogP contribution is -2.39. The second kappa shape index (κ2) is 4.94. The van der Waals surface area contributed by atoms with Gasteiger partial charge in [-0.1, -0.05) is 0 Å². The van der Waals surface area contributed by atoms with E-state index in [4.69, 9.17) is 5.11 Å². The van der Waals surface area contributed by atoms with Crippen LogP contribution in [0.4, 0.5) is 4.39 Å². The Kier molecular flexibility index (Phi) is 3.52. The number of hydrogen-bond acceptors (Lipinski definition) is 3. The van der Waals surface area contributed by atoms with E-state index in [0.29, 0.717) is 19.4 Å². The third kappa shape index (κ3) is 2.61. The number of carbonyl (C=O) groups is 1. The standard InChI is InChI=1S/C13H16FNO3/c1-15(7-8-4-10(17)5-8)13(18)11-3-2-9(16)6-12(11)14/h2-3,6,8,10,16-17H,4-5,7H2,1H3. The Labute approximate surface area is 105 Å². The fraction of sp³-hybridized carbons (Fsp3) is 0.462. The zero-order valence-corrected chi connectivity index (χ0v) is 10.1. The molecule has 1 aromatic carbocycles. The number of aliphatic hydroxyl groups excluding tert-OH is 1. The van der Waals surface area contributed by atoms with Crippen molar-refractivity contribution in [3.8, 4) is 5.75 Å². The van der Waals surface area contributed by atoms with Crippen molar-refractivity contribution in [2.45, 2.75) is 18.9 Å². The maximum atomic E-state index is 13.5. The van der Waals surface area contributed by atoms with Crippen LogP contribution < -0.4 is 0 Å². The highest BCUT2D eigenvalue weighted by Crippen LogP contribution is 2.28. The second-order valence-electron chi connectivity index (χ2n) is 4.84. The molecule has 2 N–H and O–H groups in total. The van der Waals surface area contributed by atoms with Gasteiger partial charge in [-0.15, -0.1) is 0 Å². The number of amides is 1. The van der Waals surface area contributed by atoms with Crippen molar-refractivity contribution in [1.29, 1.82) is 0 Å². The summed E-state index contributed by atoms with van der Waals surface area (Å²) in [7, 11) is 1.61. The Balaban J connectivity index is 2.01. The van der Waals surface area contributed by atoms with Crippen molar-refractivity contribution in [3.05, 3.63) is 29.6 Å². The van der Waals surface area contributed by atoms with E-state index in [-0.39, 0.29) is 23.3 Å². The highest BCUT2D eigenvalue weighted by molar-refractivity contribution is 5.94. The van der Waals surface area contributed by atoms with Gasteiger partial charge in [0.25, 0.3) is 5.91 Å². The first-order valence-corrected chi connectivity index (χ1v) is 5.89. The summed E-state index contributed by atoms with van der Waals surface area (Å²) in [5, 5.41) is 18.3. The van der Waals surface area contributed by atoms with Gasteiger partial charge in [0.2, 0.25) is 0 Å². The molecule has 1 aliphatic carbocycles. The molecule has 0 radical (unpaired) electrons. The molecule has 2 rings (SSSR count). The van der Waals surface area contributed by atoms with Crippen molar-refractivity contribution in [3.63, 3.8) is 0 Å². The highest BCUT2D eigenvalue weighted by Gasteiger charge is 2.29. The number of aliphatic hydroxyl groups is 1. The highest BCUT2D eigenvalue weighted by atomic mass is 19.1. The summed E-state index contributed by atoms with van der Waals surface area (Å²) < 4.78 is 13.5. The number of phenolic OH excluding ortho intramolecular Hbond substituents is 1. The minimum absolute atomic E-state index is 0.0461. The van der Waals surface area contributed by atoms with E-state index in [2.05, 4.69) is 0 Å². The van der Waals surface area contributed by atoms with Crippen molar-refractivity contribution in [1.82, 2.24) is 4.90 Å². The van der Waals surface area contributed by atoms with Crippen molar-refractivity contribution in [2.24, 2.45) is 5.92 Å². The van der Waals surface area contributed by atoms with E-state index in [0.717, 1.165) is 6.07 Å². The van der Waals surface area contributed by atoms with Crippen LogP contribution in [0.15, 0.2) is 18.2 Å². The van der Waals surface area contributed by atoms with Gasteiger partial charge in [-0.05, 0) is 30.9 Å². The topological polar surface area (TPSA) is 60.8 Å². The van der Waals surface area contributed by atoms with E-state index in [1.165, 1.54) is 17.0 Å². The normalized spacial score (nSPS) is 22.4. The monoisotopic (exact) mass is 253 g/mol. The van der Waals surface area contributed by atoms with Gasteiger partial charge in [-0.2, -0.15) is 0 Å². The number of nitrogens with zero attached hydrogens (tertiary/aromatic N) is 1. The molecule has 1 fully saturated rings. The van der Waals surface area contributed by atoms with Crippen molar-refractivity contribution < 1.29 is 19.4 Å². The fourth-order valence-electron chi connectivity index (χ4n) is 2.20. The molecule has 5 heteroatoms.